The average Bonchev–Trinajstić information content (AvgIpc) is 2.56. The monoisotopic (exact) mass is 303 g/mol. The molecule has 4 heteroatoms. The maximum Gasteiger partial charge on any atom is 0.123 e. The van der Waals surface area contributed by atoms with Gasteiger partial charge >= 0.3 is 0 Å². The lowest BCUT2D eigenvalue weighted by Crippen LogP contribution is -2.53. The summed E-state index contributed by atoms with van der Waals surface area (Å²) in [7, 11) is 2.16. The second-order valence-corrected chi connectivity index (χ2v) is 6.79. The molecule has 1 aromatic rings. The normalized spacial score (nSPS) is 30.6. The van der Waals surface area contributed by atoms with Gasteiger partial charge in [-0.15, -0.1) is 0 Å². The fourth-order valence-corrected chi connectivity index (χ4v) is 3.69. The molecule has 2 fully saturated rings. The molecule has 0 bridgehead atoms. The fraction of sp³-hybridized carbons (Fsp3) is 0.667. The smallest absolute Gasteiger partial charge is 0.123 e. The summed E-state index contributed by atoms with van der Waals surface area (Å²) in [5.74, 6) is 0. The first kappa shape index (κ1) is 15.9. The van der Waals surface area contributed by atoms with Gasteiger partial charge in [0.05, 0.1) is 6.61 Å². The predicted octanol–water partition coefficient (Wildman–Crippen LogP) is 2.05. The van der Waals surface area contributed by atoms with Gasteiger partial charge < -0.3 is 10.5 Å². The molecule has 3 rings (SSSR count). The number of nitrogens with two attached hydrogens (primary N) is 1. The van der Waals surface area contributed by atoms with E-state index in [4.69, 9.17) is 10.5 Å². The van der Waals surface area contributed by atoms with E-state index in [0.717, 1.165) is 26.2 Å². The third-order valence-electron chi connectivity index (χ3n) is 5.10. The van der Waals surface area contributed by atoms with Crippen LogP contribution in [0.25, 0.3) is 0 Å². The maximum absolute atomic E-state index is 6.04. The zero-order valence-electron chi connectivity index (χ0n) is 13.7. The van der Waals surface area contributed by atoms with Gasteiger partial charge in [-0.05, 0) is 38.3 Å². The number of morpholine rings is 1. The van der Waals surface area contributed by atoms with Crippen molar-refractivity contribution in [1.82, 2.24) is 9.80 Å². The van der Waals surface area contributed by atoms with Gasteiger partial charge in [0.25, 0.3) is 0 Å². The van der Waals surface area contributed by atoms with Gasteiger partial charge in [-0.1, -0.05) is 30.3 Å². The number of ether oxygens (including phenoxy) is 1. The van der Waals surface area contributed by atoms with Gasteiger partial charge in [0.1, 0.15) is 6.23 Å². The van der Waals surface area contributed by atoms with E-state index in [1.807, 2.05) is 0 Å². The summed E-state index contributed by atoms with van der Waals surface area (Å²) in [6.45, 7) is 3.86. The Hall–Kier alpha value is -0.940. The summed E-state index contributed by atoms with van der Waals surface area (Å²) in [6.07, 6.45) is 5.04. The summed E-state index contributed by atoms with van der Waals surface area (Å²) in [5.41, 5.74) is 7.38. The molecule has 1 heterocycles. The number of rotatable bonds is 4. The summed E-state index contributed by atoms with van der Waals surface area (Å²) in [4.78, 5) is 4.96. The van der Waals surface area contributed by atoms with Crippen LogP contribution in [0.4, 0.5) is 0 Å². The van der Waals surface area contributed by atoms with E-state index in [-0.39, 0.29) is 6.23 Å². The Kier molecular flexibility index (Phi) is 5.47. The van der Waals surface area contributed by atoms with Crippen molar-refractivity contribution in [2.24, 2.45) is 5.73 Å². The molecule has 1 saturated carbocycles. The molecule has 22 heavy (non-hydrogen) atoms. The number of benzene rings is 1. The van der Waals surface area contributed by atoms with Crippen LogP contribution in [-0.2, 0) is 11.3 Å². The molecule has 4 nitrogen and oxygen atoms in total. The predicted molar refractivity (Wildman–Crippen MR) is 89.5 cm³/mol. The molecule has 1 saturated heterocycles. The minimum absolute atomic E-state index is 0.199. The van der Waals surface area contributed by atoms with E-state index >= 15 is 0 Å². The van der Waals surface area contributed by atoms with Gasteiger partial charge in [-0.25, -0.2) is 0 Å². The third-order valence-corrected chi connectivity index (χ3v) is 5.10. The zero-order valence-corrected chi connectivity index (χ0v) is 13.7. The summed E-state index contributed by atoms with van der Waals surface area (Å²) in [6, 6.07) is 11.8. The highest BCUT2D eigenvalue weighted by molar-refractivity contribution is 5.14. The molecular weight excluding hydrogens is 274 g/mol. The van der Waals surface area contributed by atoms with Crippen LogP contribution in [0.2, 0.25) is 0 Å². The Morgan fingerprint density at radius 2 is 1.91 bits per heavy atom. The van der Waals surface area contributed by atoms with Crippen molar-refractivity contribution in [3.63, 3.8) is 0 Å². The van der Waals surface area contributed by atoms with E-state index in [2.05, 4.69) is 47.2 Å². The lowest BCUT2D eigenvalue weighted by molar-refractivity contribution is -0.117. The SMILES string of the molecule is CN(Cc1ccccc1)C1CN(C2CCC(N)CC2)CCO1. The molecule has 1 aliphatic heterocycles. The van der Waals surface area contributed by atoms with Crippen LogP contribution >= 0.6 is 0 Å². The molecular formula is C18H29N3O. The molecule has 2 aliphatic rings. The van der Waals surface area contributed by atoms with Gasteiger partial charge in [0.2, 0.25) is 0 Å². The lowest BCUT2D eigenvalue weighted by Gasteiger charge is -2.43. The Labute approximate surface area is 134 Å². The lowest BCUT2D eigenvalue weighted by atomic mass is 9.90. The van der Waals surface area contributed by atoms with Crippen LogP contribution < -0.4 is 5.73 Å². The van der Waals surface area contributed by atoms with Crippen molar-refractivity contribution in [2.45, 2.75) is 50.5 Å². The highest BCUT2D eigenvalue weighted by atomic mass is 16.5. The molecule has 1 aliphatic carbocycles. The van der Waals surface area contributed by atoms with Gasteiger partial charge in [-0.3, -0.25) is 9.80 Å². The van der Waals surface area contributed by atoms with Gasteiger partial charge in [0.15, 0.2) is 0 Å². The molecule has 2 N–H and O–H groups in total. The molecule has 0 aromatic heterocycles. The summed E-state index contributed by atoms with van der Waals surface area (Å²) < 4.78 is 6.01. The van der Waals surface area contributed by atoms with Crippen LogP contribution in [0.3, 0.4) is 0 Å². The van der Waals surface area contributed by atoms with Crippen molar-refractivity contribution in [3.8, 4) is 0 Å². The minimum atomic E-state index is 0.199. The molecule has 1 unspecified atom stereocenters. The van der Waals surface area contributed by atoms with Crippen molar-refractivity contribution in [2.75, 3.05) is 26.7 Å². The Bertz CT molecular complexity index is 445. The summed E-state index contributed by atoms with van der Waals surface area (Å²) in [5, 5.41) is 0. The quantitative estimate of drug-likeness (QED) is 0.924. The van der Waals surface area contributed by atoms with Crippen LogP contribution in [-0.4, -0.2) is 54.9 Å². The Balaban J connectivity index is 1.53. The molecule has 122 valence electrons. The first-order valence-corrected chi connectivity index (χ1v) is 8.58. The van der Waals surface area contributed by atoms with Crippen LogP contribution in [0, 0.1) is 0 Å². The molecule has 0 radical (unpaired) electrons. The Morgan fingerprint density at radius 1 is 1.18 bits per heavy atom. The first-order chi connectivity index (χ1) is 10.7. The minimum Gasteiger partial charge on any atom is -0.360 e. The maximum atomic E-state index is 6.04. The van der Waals surface area contributed by atoms with E-state index < -0.39 is 0 Å². The standard InChI is InChI=1S/C18H29N3O/c1-20(13-15-5-3-2-4-6-15)18-14-21(11-12-22-18)17-9-7-16(19)8-10-17/h2-6,16-18H,7-14,19H2,1H3. The van der Waals surface area contributed by atoms with E-state index in [9.17, 15) is 0 Å². The number of likely N-dealkylation sites (N-methyl/N-ethyl adjacent to an activating group) is 1. The van der Waals surface area contributed by atoms with E-state index in [1.165, 1.54) is 31.2 Å². The summed E-state index contributed by atoms with van der Waals surface area (Å²) >= 11 is 0. The topological polar surface area (TPSA) is 41.7 Å². The molecule has 1 aromatic carbocycles. The zero-order chi connectivity index (χ0) is 15.4. The van der Waals surface area contributed by atoms with Gasteiger partial charge in [-0.2, -0.15) is 0 Å². The molecule has 0 spiro atoms. The van der Waals surface area contributed by atoms with Crippen LogP contribution in [0.15, 0.2) is 30.3 Å². The average molecular weight is 303 g/mol. The number of hydrogen-bond acceptors (Lipinski definition) is 4. The highest BCUT2D eigenvalue weighted by Gasteiger charge is 2.30. The number of nitrogens with zero attached hydrogens (tertiary/aromatic N) is 2. The van der Waals surface area contributed by atoms with Crippen molar-refractivity contribution < 1.29 is 4.74 Å². The van der Waals surface area contributed by atoms with Crippen molar-refractivity contribution >= 4 is 0 Å². The number of hydrogen-bond donors (Lipinski definition) is 1. The molecule has 0 amide bonds. The third kappa shape index (κ3) is 4.07. The largest absolute Gasteiger partial charge is 0.360 e. The van der Waals surface area contributed by atoms with E-state index in [1.54, 1.807) is 0 Å². The highest BCUT2D eigenvalue weighted by Crippen LogP contribution is 2.24. The Morgan fingerprint density at radius 3 is 2.64 bits per heavy atom. The first-order valence-electron chi connectivity index (χ1n) is 8.58. The van der Waals surface area contributed by atoms with Gasteiger partial charge in [0, 0.05) is 31.7 Å². The molecule has 1 atom stereocenters. The van der Waals surface area contributed by atoms with Crippen LogP contribution in [0.1, 0.15) is 31.2 Å². The van der Waals surface area contributed by atoms with Crippen LogP contribution in [0.5, 0.6) is 0 Å². The van der Waals surface area contributed by atoms with E-state index in [0.29, 0.717) is 12.1 Å². The second-order valence-electron chi connectivity index (χ2n) is 6.79. The second kappa shape index (κ2) is 7.55. The van der Waals surface area contributed by atoms with Crippen molar-refractivity contribution in [1.29, 1.82) is 0 Å². The fourth-order valence-electron chi connectivity index (χ4n) is 3.69. The van der Waals surface area contributed by atoms with Crippen molar-refractivity contribution in [3.05, 3.63) is 35.9 Å².